The lowest BCUT2D eigenvalue weighted by Crippen LogP contribution is -2.40. The van der Waals surface area contributed by atoms with Gasteiger partial charge in [-0.25, -0.2) is 9.78 Å². The van der Waals surface area contributed by atoms with Crippen molar-refractivity contribution < 1.29 is 20.1 Å². The number of anilines is 3. The third-order valence-electron chi connectivity index (χ3n) is 10.2. The molecule has 15 heteroatoms. The van der Waals surface area contributed by atoms with Crippen molar-refractivity contribution >= 4 is 34.6 Å². The van der Waals surface area contributed by atoms with Crippen LogP contribution in [0.25, 0.3) is 11.2 Å². The number of hydrogen-bond donors (Lipinski definition) is 6. The number of nitrogens with zero attached hydrogens (tertiary/aromatic N) is 8. The van der Waals surface area contributed by atoms with E-state index in [-0.39, 0.29) is 24.6 Å². The van der Waals surface area contributed by atoms with Crippen molar-refractivity contribution in [3.63, 3.8) is 0 Å². The van der Waals surface area contributed by atoms with Gasteiger partial charge in [-0.1, -0.05) is 60.7 Å². The van der Waals surface area contributed by atoms with Crippen LogP contribution in [0.4, 0.5) is 22.2 Å². The monoisotopic (exact) mass is 715 g/mol. The fourth-order valence-electron chi connectivity index (χ4n) is 7.42. The summed E-state index contributed by atoms with van der Waals surface area (Å²) in [6.07, 6.45) is 6.91. The molecular weight excluding hydrogens is 674 g/mol. The molecule has 53 heavy (non-hydrogen) atoms. The van der Waals surface area contributed by atoms with E-state index in [4.69, 9.17) is 15.0 Å². The van der Waals surface area contributed by atoms with E-state index < -0.39 is 24.3 Å². The van der Waals surface area contributed by atoms with Gasteiger partial charge in [0.25, 0.3) is 0 Å². The van der Waals surface area contributed by atoms with Crippen molar-refractivity contribution in [2.75, 3.05) is 35.2 Å². The van der Waals surface area contributed by atoms with Crippen LogP contribution in [-0.2, 0) is 6.61 Å². The second-order valence-electron chi connectivity index (χ2n) is 13.6. The smallest absolute Gasteiger partial charge is 0.319 e. The van der Waals surface area contributed by atoms with Crippen LogP contribution >= 0.6 is 0 Å². The highest BCUT2D eigenvalue weighted by Gasteiger charge is 2.44. The molecule has 6 aromatic rings. The first-order valence-electron chi connectivity index (χ1n) is 17.8. The molecule has 0 spiro atoms. The third-order valence-corrected chi connectivity index (χ3v) is 10.2. The highest BCUT2D eigenvalue weighted by atomic mass is 16.3. The van der Waals surface area contributed by atoms with Crippen molar-refractivity contribution in [3.05, 3.63) is 121 Å². The number of pyridine rings is 1. The number of carbonyl (C=O) groups excluding carboxylic acids is 1. The van der Waals surface area contributed by atoms with Gasteiger partial charge in [0, 0.05) is 49.6 Å². The van der Waals surface area contributed by atoms with E-state index >= 15 is 0 Å². The van der Waals surface area contributed by atoms with E-state index in [1.165, 1.54) is 0 Å². The number of fused-ring (bicyclic) bond motifs is 1. The molecule has 272 valence electrons. The number of aliphatic hydroxyl groups excluding tert-OH is 3. The molecule has 2 amide bonds. The molecule has 8 rings (SSSR count). The highest BCUT2D eigenvalue weighted by molar-refractivity contribution is 5.89. The quantitative estimate of drug-likeness (QED) is 0.115. The minimum absolute atomic E-state index is 0.0112. The van der Waals surface area contributed by atoms with Gasteiger partial charge < -0.3 is 40.7 Å². The molecule has 0 radical (unpaired) electrons. The minimum atomic E-state index is -1.13. The van der Waals surface area contributed by atoms with Crippen LogP contribution in [0, 0.1) is 0 Å². The van der Waals surface area contributed by atoms with E-state index in [2.05, 4.69) is 50.3 Å². The summed E-state index contributed by atoms with van der Waals surface area (Å²) in [6.45, 7) is 1.43. The number of carbonyl (C=O) groups is 1. The number of imidazole rings is 1. The molecule has 4 aromatic heterocycles. The average molecular weight is 716 g/mol. The van der Waals surface area contributed by atoms with E-state index in [0.717, 1.165) is 11.1 Å². The average Bonchev–Trinajstić information content (AvgIpc) is 4.00. The van der Waals surface area contributed by atoms with Crippen LogP contribution in [0.15, 0.2) is 104 Å². The molecule has 2 fully saturated rings. The number of aliphatic hydroxyl groups is 3. The van der Waals surface area contributed by atoms with Crippen molar-refractivity contribution in [2.45, 2.75) is 55.7 Å². The molecule has 0 bridgehead atoms. The van der Waals surface area contributed by atoms with Gasteiger partial charge in [-0.2, -0.15) is 15.1 Å². The number of benzene rings is 2. The topological polar surface area (TPSA) is 191 Å². The van der Waals surface area contributed by atoms with Gasteiger partial charge in [0.2, 0.25) is 5.95 Å². The van der Waals surface area contributed by atoms with Gasteiger partial charge >= 0.3 is 6.03 Å². The maximum atomic E-state index is 12.8. The lowest BCUT2D eigenvalue weighted by molar-refractivity contribution is 0.00720. The van der Waals surface area contributed by atoms with Gasteiger partial charge in [-0.15, -0.1) is 0 Å². The summed E-state index contributed by atoms with van der Waals surface area (Å²) < 4.78 is 3.41. The lowest BCUT2D eigenvalue weighted by Gasteiger charge is -2.22. The SMILES string of the molecule is O=C(Nc1cccnc1)N[C@@H]1CCN(c2nc(NCC(c3ccccc3)c3ccccc3)c3ncn([C@@H]4C[C@H](n5cc(CO)cn5)[C@@H](O)[C@H]4O)c3n2)C1. The zero-order valence-corrected chi connectivity index (χ0v) is 28.8. The number of amides is 2. The zero-order chi connectivity index (χ0) is 36.3. The fraction of sp³-hybridized carbons (Fsp3) is 0.316. The van der Waals surface area contributed by atoms with Gasteiger partial charge in [0.15, 0.2) is 17.0 Å². The Hall–Kier alpha value is -5.90. The summed E-state index contributed by atoms with van der Waals surface area (Å²) in [5, 5.41) is 45.9. The third kappa shape index (κ3) is 7.13. The van der Waals surface area contributed by atoms with Gasteiger partial charge in [0.1, 0.15) is 12.2 Å². The first-order valence-corrected chi connectivity index (χ1v) is 17.8. The number of urea groups is 1. The molecule has 1 saturated heterocycles. The van der Waals surface area contributed by atoms with Crippen molar-refractivity contribution in [2.24, 2.45) is 0 Å². The maximum Gasteiger partial charge on any atom is 0.319 e. The number of nitrogens with one attached hydrogen (secondary N) is 3. The summed E-state index contributed by atoms with van der Waals surface area (Å²) in [6, 6.07) is 22.6. The van der Waals surface area contributed by atoms with E-state index in [1.807, 2.05) is 45.9 Å². The Labute approximate surface area is 305 Å². The summed E-state index contributed by atoms with van der Waals surface area (Å²) >= 11 is 0. The van der Waals surface area contributed by atoms with E-state index in [9.17, 15) is 20.1 Å². The Morgan fingerprint density at radius 2 is 1.68 bits per heavy atom. The summed E-state index contributed by atoms with van der Waals surface area (Å²) in [5.41, 5.74) is 4.56. The van der Waals surface area contributed by atoms with E-state index in [1.54, 1.807) is 47.9 Å². The predicted octanol–water partition coefficient (Wildman–Crippen LogP) is 3.46. The first-order chi connectivity index (χ1) is 25.9. The van der Waals surface area contributed by atoms with Crippen molar-refractivity contribution in [3.8, 4) is 0 Å². The standard InChI is InChI=1S/C38H41N11O4/c50-22-24-17-42-49(20-24)31-16-30(33(51)34(31)52)48-23-41-32-35(40-19-29(25-8-3-1-4-9-25)26-10-5-2-6-11-26)45-37(46-36(32)48)47-15-13-28(21-47)44-38(53)43-27-12-7-14-39-18-27/h1-12,14,17-18,20,23,28-31,33-34,50-52H,13,15-16,19,21-22H2,(H,40,45,46)(H2,43,44,53)/t28-,30-,31+,33+,34-/m1/s1. The highest BCUT2D eigenvalue weighted by Crippen LogP contribution is 2.40. The molecule has 1 aliphatic heterocycles. The first kappa shape index (κ1) is 34.2. The van der Waals surface area contributed by atoms with Crippen LogP contribution in [-0.4, -0.2) is 93.5 Å². The van der Waals surface area contributed by atoms with Gasteiger partial charge in [-0.3, -0.25) is 9.67 Å². The molecule has 15 nitrogen and oxygen atoms in total. The Balaban J connectivity index is 1.10. The second kappa shape index (κ2) is 15.0. The van der Waals surface area contributed by atoms with Crippen LogP contribution in [0.1, 0.15) is 47.5 Å². The van der Waals surface area contributed by atoms with E-state index in [0.29, 0.717) is 66.7 Å². The molecule has 2 aliphatic rings. The van der Waals surface area contributed by atoms with Crippen molar-refractivity contribution in [1.29, 1.82) is 0 Å². The molecule has 5 heterocycles. The maximum absolute atomic E-state index is 12.8. The Bertz CT molecular complexity index is 2110. The van der Waals surface area contributed by atoms with Crippen LogP contribution in [0.5, 0.6) is 0 Å². The molecule has 6 N–H and O–H groups in total. The molecule has 2 aromatic carbocycles. The number of rotatable bonds is 11. The summed E-state index contributed by atoms with van der Waals surface area (Å²) in [5.74, 6) is 1.01. The molecule has 0 unspecified atom stereocenters. The van der Waals surface area contributed by atoms with Crippen LogP contribution in [0.2, 0.25) is 0 Å². The predicted molar refractivity (Wildman–Crippen MR) is 198 cm³/mol. The Morgan fingerprint density at radius 1 is 0.925 bits per heavy atom. The normalized spacial score (nSPS) is 21.4. The number of hydrogen-bond acceptors (Lipinski definition) is 11. The molecule has 1 saturated carbocycles. The second-order valence-corrected chi connectivity index (χ2v) is 13.6. The van der Waals surface area contributed by atoms with Gasteiger partial charge in [0.05, 0.1) is 43.1 Å². The van der Waals surface area contributed by atoms with Crippen molar-refractivity contribution in [1.82, 2.24) is 39.6 Å². The summed E-state index contributed by atoms with van der Waals surface area (Å²) in [7, 11) is 0. The van der Waals surface area contributed by atoms with Crippen LogP contribution in [0.3, 0.4) is 0 Å². The summed E-state index contributed by atoms with van der Waals surface area (Å²) in [4.78, 5) is 33.7. The minimum Gasteiger partial charge on any atom is -0.392 e. The largest absolute Gasteiger partial charge is 0.392 e. The Morgan fingerprint density at radius 3 is 2.38 bits per heavy atom. The van der Waals surface area contributed by atoms with Gasteiger partial charge in [-0.05, 0) is 36.1 Å². The molecule has 1 aliphatic carbocycles. The number of aromatic nitrogens is 7. The van der Waals surface area contributed by atoms with Crippen LogP contribution < -0.4 is 20.9 Å². The zero-order valence-electron chi connectivity index (χ0n) is 28.8. The lowest BCUT2D eigenvalue weighted by atomic mass is 9.91. The fourth-order valence-corrected chi connectivity index (χ4v) is 7.42. The molecular formula is C38H41N11O4. The molecule has 5 atom stereocenters. The Kier molecular flexibility index (Phi) is 9.67.